The first-order valence-corrected chi connectivity index (χ1v) is 9.03. The van der Waals surface area contributed by atoms with Gasteiger partial charge in [0, 0.05) is 5.57 Å². The van der Waals surface area contributed by atoms with Crippen LogP contribution < -0.4 is 24.8 Å². The molecule has 0 aromatic rings. The van der Waals surface area contributed by atoms with E-state index in [9.17, 15) is 4.79 Å². The predicted molar refractivity (Wildman–Crippen MR) is 102 cm³/mol. The van der Waals surface area contributed by atoms with Crippen LogP contribution in [0.3, 0.4) is 0 Å². The highest BCUT2D eigenvalue weighted by molar-refractivity contribution is 5.87. The van der Waals surface area contributed by atoms with Crippen LogP contribution >= 0.6 is 0 Å². The Balaban J connectivity index is 0. The van der Waals surface area contributed by atoms with Crippen LogP contribution in [0.5, 0.6) is 0 Å². The third kappa shape index (κ3) is 7.96. The smallest absolute Gasteiger partial charge is 0.333 e. The van der Waals surface area contributed by atoms with Gasteiger partial charge in [0.05, 0.1) is 26.2 Å². The molecule has 0 spiro atoms. The molecule has 0 bridgehead atoms. The lowest BCUT2D eigenvalue weighted by Gasteiger charge is -2.49. The van der Waals surface area contributed by atoms with Crippen molar-refractivity contribution in [3.8, 4) is 0 Å². The fourth-order valence-electron chi connectivity index (χ4n) is 3.39. The molecule has 0 atom stereocenters. The molecule has 5 nitrogen and oxygen atoms in total. The van der Waals surface area contributed by atoms with E-state index in [0.717, 1.165) is 48.2 Å². The minimum atomic E-state index is -0.259. The van der Waals surface area contributed by atoms with Gasteiger partial charge in [0.2, 0.25) is 0 Å². The van der Waals surface area contributed by atoms with Crippen LogP contribution in [0, 0.1) is 0 Å². The second-order valence-electron chi connectivity index (χ2n) is 8.05. The van der Waals surface area contributed by atoms with Gasteiger partial charge < -0.3 is 43.6 Å². The molecule has 158 valence electrons. The van der Waals surface area contributed by atoms with Gasteiger partial charge in [-0.25, -0.2) is 4.79 Å². The summed E-state index contributed by atoms with van der Waals surface area (Å²) in [6.45, 7) is 22.5. The van der Waals surface area contributed by atoms with Crippen LogP contribution in [0.1, 0.15) is 20.8 Å². The van der Waals surface area contributed by atoms with Crippen molar-refractivity contribution in [2.75, 3.05) is 46.3 Å². The van der Waals surface area contributed by atoms with Crippen molar-refractivity contribution in [2.45, 2.75) is 39.0 Å². The van der Waals surface area contributed by atoms with Gasteiger partial charge in [-0.05, 0) is 32.9 Å². The van der Waals surface area contributed by atoms with Crippen LogP contribution in [-0.2, 0) is 9.53 Å². The summed E-state index contributed by atoms with van der Waals surface area (Å²) in [6.07, 6.45) is 3.81. The minimum Gasteiger partial charge on any atom is -1.00 e. The number of halogens is 2. The van der Waals surface area contributed by atoms with Gasteiger partial charge in [-0.15, -0.1) is 0 Å². The van der Waals surface area contributed by atoms with Crippen LogP contribution in [0.4, 0.5) is 0 Å². The molecule has 2 heterocycles. The van der Waals surface area contributed by atoms with Crippen LogP contribution in [0.2, 0.25) is 0 Å². The van der Waals surface area contributed by atoms with E-state index in [-0.39, 0.29) is 43.0 Å². The highest BCUT2D eigenvalue weighted by Crippen LogP contribution is 2.24. The quantitative estimate of drug-likeness (QED) is 0.196. The Morgan fingerprint density at radius 1 is 1.15 bits per heavy atom. The molecule has 0 aromatic carbocycles. The summed E-state index contributed by atoms with van der Waals surface area (Å²) >= 11 is 0. The third-order valence-corrected chi connectivity index (χ3v) is 5.34. The first-order valence-electron chi connectivity index (χ1n) is 9.03. The summed E-state index contributed by atoms with van der Waals surface area (Å²) in [5.41, 5.74) is 0.482. The zero-order valence-electron chi connectivity index (χ0n) is 17.2. The molecule has 0 saturated carbocycles. The summed E-state index contributed by atoms with van der Waals surface area (Å²) in [5.74, 6) is -0.259. The lowest BCUT2D eigenvalue weighted by molar-refractivity contribution is -0.973. The van der Waals surface area contributed by atoms with E-state index in [1.54, 1.807) is 6.92 Å². The van der Waals surface area contributed by atoms with Crippen molar-refractivity contribution >= 4 is 5.97 Å². The fraction of sp³-hybridized carbons (Fsp3) is 0.650. The van der Waals surface area contributed by atoms with Gasteiger partial charge >= 0.3 is 5.97 Å². The van der Waals surface area contributed by atoms with E-state index >= 15 is 0 Å². The van der Waals surface area contributed by atoms with Gasteiger partial charge in [-0.1, -0.05) is 19.7 Å². The van der Waals surface area contributed by atoms with Gasteiger partial charge in [-0.2, -0.15) is 0 Å². The van der Waals surface area contributed by atoms with Gasteiger partial charge in [0.1, 0.15) is 26.2 Å². The highest BCUT2D eigenvalue weighted by Gasteiger charge is 2.45. The number of ether oxygens (including phenoxy) is 1. The molecule has 1 N–H and O–H groups in total. The number of likely N-dealkylation sites (N-methyl/N-ethyl adjacent to an activating group) is 1. The largest absolute Gasteiger partial charge is 1.00 e. The van der Waals surface area contributed by atoms with Crippen molar-refractivity contribution < 1.29 is 48.4 Å². The maximum Gasteiger partial charge on any atom is 0.333 e. The monoisotopic (exact) mass is 422 g/mol. The van der Waals surface area contributed by atoms with E-state index < -0.39 is 0 Å². The van der Waals surface area contributed by atoms with Crippen LogP contribution in [0.15, 0.2) is 37.5 Å². The molecule has 0 radical (unpaired) electrons. The second-order valence-corrected chi connectivity index (χ2v) is 8.05. The Labute approximate surface area is 177 Å². The molecule has 2 fully saturated rings. The first kappa shape index (κ1) is 28.4. The molecular weight excluding hydrogens is 387 g/mol. The number of aliphatic hydroxyl groups excluding tert-OH is 1. The average Bonchev–Trinajstić information content (AvgIpc) is 2.44. The summed E-state index contributed by atoms with van der Waals surface area (Å²) < 4.78 is 7.17. The minimum absolute atomic E-state index is 0. The Morgan fingerprint density at radius 3 is 1.89 bits per heavy atom. The lowest BCUT2D eigenvalue weighted by atomic mass is 10.0. The lowest BCUT2D eigenvalue weighted by Crippen LogP contribution is -3.00. The molecule has 2 aliphatic heterocycles. The van der Waals surface area contributed by atoms with Crippen molar-refractivity contribution in [3.63, 3.8) is 0 Å². The van der Waals surface area contributed by atoms with Crippen LogP contribution in [-0.4, -0.2) is 84.6 Å². The van der Waals surface area contributed by atoms with E-state index in [1.165, 1.54) is 0 Å². The number of quaternary nitrogens is 2. The molecule has 0 amide bonds. The van der Waals surface area contributed by atoms with Crippen LogP contribution in [0.25, 0.3) is 0 Å². The maximum absolute atomic E-state index is 11.2. The molecule has 2 saturated heterocycles. The number of esters is 1. The number of likely N-dealkylation sites (tertiary alicyclic amines) is 2. The number of hydrogen-bond donors (Lipinski definition) is 1. The van der Waals surface area contributed by atoms with Gasteiger partial charge in [-0.3, -0.25) is 0 Å². The van der Waals surface area contributed by atoms with E-state index in [0.29, 0.717) is 11.6 Å². The molecule has 0 unspecified atom stereocenters. The number of nitrogens with zero attached hydrogens (tertiary/aromatic N) is 2. The van der Waals surface area contributed by atoms with Gasteiger partial charge in [0.25, 0.3) is 0 Å². The molecule has 2 aliphatic rings. The predicted octanol–water partition coefficient (Wildman–Crippen LogP) is -4.10. The van der Waals surface area contributed by atoms with E-state index in [4.69, 9.17) is 9.84 Å². The molecule has 0 aromatic heterocycles. The maximum atomic E-state index is 11.2. The normalized spacial score (nSPS) is 25.2. The molecule has 27 heavy (non-hydrogen) atoms. The number of aliphatic hydroxyl groups is 1. The summed E-state index contributed by atoms with van der Waals surface area (Å²) in [4.78, 5) is 11.2. The first-order chi connectivity index (χ1) is 11.6. The Morgan fingerprint density at radius 2 is 1.59 bits per heavy atom. The standard InChI is InChI=1S/C11H20NO2.C9H16NO.2ClH/c1-8(2)11(13)14-10-6-12(5,7-10)9(3)4;1-3-5-10(6-4-2)7-9(11)8-10;;/h9-10H,1,6-7H2,2-5H3;3-4,9,11H,1-2,5-8H2;2*1H/q2*+1;;/p-2. The average molecular weight is 423 g/mol. The second kappa shape index (κ2) is 11.9. The molecule has 0 aliphatic carbocycles. The van der Waals surface area contributed by atoms with E-state index in [2.05, 4.69) is 40.6 Å². The van der Waals surface area contributed by atoms with Gasteiger partial charge in [0.15, 0.2) is 12.2 Å². The zero-order chi connectivity index (χ0) is 19.3. The van der Waals surface area contributed by atoms with Crippen molar-refractivity contribution in [1.82, 2.24) is 0 Å². The number of carbonyl (C=O) groups excluding carboxylic acids is 1. The summed E-state index contributed by atoms with van der Waals surface area (Å²) in [7, 11) is 2.19. The molecule has 7 heteroatoms. The fourth-order valence-corrected chi connectivity index (χ4v) is 3.39. The summed E-state index contributed by atoms with van der Waals surface area (Å²) in [5, 5.41) is 9.15. The SMILES string of the molecule is C=C(C)C(=O)OC1C[N+](C)(C(C)C)C1.C=CC[N+]1(CC=C)CC(O)C1.[Cl-].[Cl-]. The number of carbonyl (C=O) groups is 1. The number of hydrogen-bond acceptors (Lipinski definition) is 3. The Bertz CT molecular complexity index is 499. The highest BCUT2D eigenvalue weighted by atomic mass is 35.5. The van der Waals surface area contributed by atoms with E-state index in [1.807, 2.05) is 12.2 Å². The Hall–Kier alpha value is -0.850. The summed E-state index contributed by atoms with van der Waals surface area (Å²) in [6, 6.07) is 0.592. The zero-order valence-corrected chi connectivity index (χ0v) is 18.7. The van der Waals surface area contributed by atoms with Crippen molar-refractivity contribution in [1.29, 1.82) is 0 Å². The molecule has 2 rings (SSSR count). The third-order valence-electron chi connectivity index (χ3n) is 5.34. The topological polar surface area (TPSA) is 46.5 Å². The Kier molecular flexibility index (Phi) is 12.5. The number of rotatable bonds is 7. The van der Waals surface area contributed by atoms with Crippen molar-refractivity contribution in [2.24, 2.45) is 0 Å². The molecular formula is C20H36Cl2N2O3. The van der Waals surface area contributed by atoms with Crippen molar-refractivity contribution in [3.05, 3.63) is 37.5 Å².